The Morgan fingerprint density at radius 3 is 2.72 bits per heavy atom. The molecule has 3 rings (SSSR count). The van der Waals surface area contributed by atoms with Crippen LogP contribution in [0.4, 0.5) is 0 Å². The van der Waals surface area contributed by atoms with Crippen LogP contribution in [0.25, 0.3) is 0 Å². The lowest BCUT2D eigenvalue weighted by Gasteiger charge is -2.23. The molecule has 1 saturated carbocycles. The summed E-state index contributed by atoms with van der Waals surface area (Å²) in [6.45, 7) is 1.32. The van der Waals surface area contributed by atoms with E-state index in [1.54, 1.807) is 18.4 Å². The van der Waals surface area contributed by atoms with Crippen LogP contribution in [0.5, 0.6) is 11.5 Å². The quantitative estimate of drug-likeness (QED) is 0.632. The third kappa shape index (κ3) is 5.78. The van der Waals surface area contributed by atoms with Crippen LogP contribution in [0.3, 0.4) is 0 Å². The monoisotopic (exact) mass is 401 g/mol. The number of hydrogen-bond acceptors (Lipinski definition) is 4. The molecule has 0 spiro atoms. The number of thiophene rings is 1. The molecule has 0 bridgehead atoms. The van der Waals surface area contributed by atoms with Gasteiger partial charge in [-0.2, -0.15) is 0 Å². The SMILES string of the molecule is COc1cc(CNC2CCCCC2)cc(Cl)c1OCc1cccs1.Cl. The number of hydrogen-bond donors (Lipinski definition) is 1. The Morgan fingerprint density at radius 1 is 1.24 bits per heavy atom. The highest BCUT2D eigenvalue weighted by molar-refractivity contribution is 7.09. The van der Waals surface area contributed by atoms with E-state index in [0.29, 0.717) is 29.2 Å². The van der Waals surface area contributed by atoms with E-state index in [2.05, 4.69) is 5.32 Å². The van der Waals surface area contributed by atoms with E-state index in [4.69, 9.17) is 21.1 Å². The zero-order valence-corrected chi connectivity index (χ0v) is 16.8. The van der Waals surface area contributed by atoms with Gasteiger partial charge in [0.1, 0.15) is 6.61 Å². The zero-order valence-electron chi connectivity index (χ0n) is 14.4. The predicted molar refractivity (Wildman–Crippen MR) is 108 cm³/mol. The van der Waals surface area contributed by atoms with Crippen molar-refractivity contribution >= 4 is 35.3 Å². The van der Waals surface area contributed by atoms with Gasteiger partial charge in [0.25, 0.3) is 0 Å². The van der Waals surface area contributed by atoms with Crippen molar-refractivity contribution in [3.8, 4) is 11.5 Å². The molecule has 2 aromatic rings. The Labute approximate surface area is 165 Å². The standard InChI is InChI=1S/C19H24ClNO2S.ClH/c1-22-18-11-14(12-21-15-6-3-2-4-7-15)10-17(20)19(18)23-13-16-8-5-9-24-16;/h5,8-11,15,21H,2-4,6-7,12-13H2,1H3;1H. The van der Waals surface area contributed by atoms with Crippen LogP contribution in [-0.2, 0) is 13.2 Å². The maximum Gasteiger partial charge on any atom is 0.180 e. The summed E-state index contributed by atoms with van der Waals surface area (Å²) < 4.78 is 11.4. The maximum atomic E-state index is 6.45. The number of rotatable bonds is 7. The molecular formula is C19H25Cl2NO2S. The fraction of sp³-hybridized carbons (Fsp3) is 0.474. The lowest BCUT2D eigenvalue weighted by molar-refractivity contribution is 0.287. The molecule has 1 heterocycles. The predicted octanol–water partition coefficient (Wildman–Crippen LogP) is 5.83. The summed E-state index contributed by atoms with van der Waals surface area (Å²) >= 11 is 8.12. The first-order chi connectivity index (χ1) is 11.8. The summed E-state index contributed by atoms with van der Waals surface area (Å²) in [6, 6.07) is 8.68. The van der Waals surface area contributed by atoms with Crippen molar-refractivity contribution in [2.24, 2.45) is 0 Å². The Kier molecular flexibility index (Phi) is 8.37. The minimum absolute atomic E-state index is 0. The maximum absolute atomic E-state index is 6.45. The fourth-order valence-electron chi connectivity index (χ4n) is 3.12. The van der Waals surface area contributed by atoms with Crippen molar-refractivity contribution in [3.05, 3.63) is 45.1 Å². The molecule has 0 unspecified atom stereocenters. The van der Waals surface area contributed by atoms with Crippen LogP contribution in [0, 0.1) is 0 Å². The van der Waals surface area contributed by atoms with Gasteiger partial charge >= 0.3 is 0 Å². The van der Waals surface area contributed by atoms with Gasteiger partial charge in [-0.1, -0.05) is 36.9 Å². The molecule has 0 saturated heterocycles. The normalized spacial score (nSPS) is 14.8. The van der Waals surface area contributed by atoms with Crippen LogP contribution in [-0.4, -0.2) is 13.2 Å². The van der Waals surface area contributed by atoms with E-state index >= 15 is 0 Å². The molecule has 138 valence electrons. The summed E-state index contributed by atoms with van der Waals surface area (Å²) in [5, 5.41) is 6.28. The Balaban J connectivity index is 0.00000225. The second-order valence-corrected chi connectivity index (χ2v) is 7.63. The third-order valence-corrected chi connectivity index (χ3v) is 5.56. The molecule has 0 aliphatic heterocycles. The third-order valence-electron chi connectivity index (χ3n) is 4.43. The zero-order chi connectivity index (χ0) is 16.8. The molecule has 0 radical (unpaired) electrons. The lowest BCUT2D eigenvalue weighted by Crippen LogP contribution is -2.30. The average molecular weight is 402 g/mol. The van der Waals surface area contributed by atoms with Crippen LogP contribution in [0.2, 0.25) is 5.02 Å². The van der Waals surface area contributed by atoms with Gasteiger partial charge in [0.05, 0.1) is 12.1 Å². The molecule has 1 aliphatic carbocycles. The summed E-state index contributed by atoms with van der Waals surface area (Å²) in [6.07, 6.45) is 6.57. The van der Waals surface area contributed by atoms with Gasteiger partial charge in [-0.3, -0.25) is 0 Å². The number of halogens is 2. The van der Waals surface area contributed by atoms with Crippen molar-refractivity contribution in [2.45, 2.75) is 51.3 Å². The molecule has 1 aromatic heterocycles. The van der Waals surface area contributed by atoms with Crippen molar-refractivity contribution in [1.29, 1.82) is 0 Å². The molecule has 6 heteroatoms. The topological polar surface area (TPSA) is 30.5 Å². The number of nitrogens with one attached hydrogen (secondary N) is 1. The Morgan fingerprint density at radius 2 is 2.04 bits per heavy atom. The fourth-order valence-corrected chi connectivity index (χ4v) is 4.03. The van der Waals surface area contributed by atoms with Gasteiger partial charge in [-0.25, -0.2) is 0 Å². The second-order valence-electron chi connectivity index (χ2n) is 6.19. The van der Waals surface area contributed by atoms with Gasteiger partial charge in [0.2, 0.25) is 0 Å². The summed E-state index contributed by atoms with van der Waals surface area (Å²) in [5.74, 6) is 1.31. The van der Waals surface area contributed by atoms with E-state index in [-0.39, 0.29) is 12.4 Å². The highest BCUT2D eigenvalue weighted by atomic mass is 35.5. The first-order valence-corrected chi connectivity index (χ1v) is 9.77. The molecule has 3 nitrogen and oxygen atoms in total. The summed E-state index contributed by atoms with van der Waals surface area (Å²) in [5.41, 5.74) is 1.13. The molecule has 25 heavy (non-hydrogen) atoms. The number of benzene rings is 1. The molecule has 0 amide bonds. The summed E-state index contributed by atoms with van der Waals surface area (Å²) in [4.78, 5) is 1.16. The van der Waals surface area contributed by atoms with Crippen LogP contribution in [0.1, 0.15) is 42.5 Å². The Hall–Kier alpha value is -0.940. The number of ether oxygens (including phenoxy) is 2. The van der Waals surface area contributed by atoms with E-state index in [1.165, 1.54) is 32.1 Å². The molecular weight excluding hydrogens is 377 g/mol. The van der Waals surface area contributed by atoms with Gasteiger partial charge in [0, 0.05) is 17.5 Å². The van der Waals surface area contributed by atoms with Crippen LogP contribution in [0.15, 0.2) is 29.6 Å². The second kappa shape index (κ2) is 10.3. The van der Waals surface area contributed by atoms with Gasteiger partial charge in [0.15, 0.2) is 11.5 Å². The smallest absolute Gasteiger partial charge is 0.180 e. The van der Waals surface area contributed by atoms with Crippen molar-refractivity contribution < 1.29 is 9.47 Å². The van der Waals surface area contributed by atoms with Gasteiger partial charge < -0.3 is 14.8 Å². The minimum Gasteiger partial charge on any atom is -0.493 e. The highest BCUT2D eigenvalue weighted by Gasteiger charge is 2.15. The van der Waals surface area contributed by atoms with E-state index < -0.39 is 0 Å². The van der Waals surface area contributed by atoms with Crippen LogP contribution >= 0.6 is 35.3 Å². The summed E-state index contributed by atoms with van der Waals surface area (Å²) in [7, 11) is 1.65. The van der Waals surface area contributed by atoms with E-state index in [9.17, 15) is 0 Å². The van der Waals surface area contributed by atoms with E-state index in [1.807, 2.05) is 29.6 Å². The first-order valence-electron chi connectivity index (χ1n) is 8.51. The minimum atomic E-state index is 0. The molecule has 1 aromatic carbocycles. The molecule has 1 fully saturated rings. The van der Waals surface area contributed by atoms with Gasteiger partial charge in [-0.05, 0) is 42.0 Å². The molecule has 0 atom stereocenters. The number of methoxy groups -OCH3 is 1. The van der Waals surface area contributed by atoms with Crippen molar-refractivity contribution in [1.82, 2.24) is 5.32 Å². The average Bonchev–Trinajstić information content (AvgIpc) is 3.13. The largest absolute Gasteiger partial charge is 0.493 e. The van der Waals surface area contributed by atoms with Gasteiger partial charge in [-0.15, -0.1) is 23.7 Å². The van der Waals surface area contributed by atoms with E-state index in [0.717, 1.165) is 17.0 Å². The Bertz CT molecular complexity index is 643. The molecule has 1 N–H and O–H groups in total. The highest BCUT2D eigenvalue weighted by Crippen LogP contribution is 2.37. The lowest BCUT2D eigenvalue weighted by atomic mass is 9.95. The molecule has 1 aliphatic rings. The van der Waals surface area contributed by atoms with Crippen LogP contribution < -0.4 is 14.8 Å². The van der Waals surface area contributed by atoms with Crippen molar-refractivity contribution in [2.75, 3.05) is 7.11 Å². The van der Waals surface area contributed by atoms with Crippen molar-refractivity contribution in [3.63, 3.8) is 0 Å². The first kappa shape index (κ1) is 20.4.